The lowest BCUT2D eigenvalue weighted by Gasteiger charge is -2.14. The highest BCUT2D eigenvalue weighted by Gasteiger charge is 2.28. The maximum absolute atomic E-state index is 11.2. The van der Waals surface area contributed by atoms with E-state index in [0.29, 0.717) is 13.2 Å². The zero-order valence-electron chi connectivity index (χ0n) is 7.49. The molecule has 0 spiro atoms. The third-order valence-electron chi connectivity index (χ3n) is 1.98. The average Bonchev–Trinajstić information content (AvgIpc) is 2.47. The molecule has 1 saturated heterocycles. The number of carbonyl (C=O) groups is 2. The van der Waals surface area contributed by atoms with Gasteiger partial charge >= 0.3 is 0 Å². The largest absolute Gasteiger partial charge is 0.324 e. The molecule has 1 rings (SSSR count). The minimum atomic E-state index is -0.271. The molecular weight excluding hydrogens is 170 g/mol. The van der Waals surface area contributed by atoms with Gasteiger partial charge in [0.15, 0.2) is 0 Å². The number of likely N-dealkylation sites (N-methyl/N-ethyl adjacent to an activating group) is 1. The molecule has 70 valence electrons. The Labute approximate surface area is 76.5 Å². The van der Waals surface area contributed by atoms with Gasteiger partial charge in [-0.15, -0.1) is 0 Å². The molecule has 5 nitrogen and oxygen atoms in total. The molecule has 0 unspecified atom stereocenters. The van der Waals surface area contributed by atoms with E-state index in [2.05, 4.69) is 0 Å². The van der Waals surface area contributed by atoms with E-state index in [0.717, 1.165) is 0 Å². The highest BCUT2D eigenvalue weighted by molar-refractivity contribution is 5.88. The molecule has 1 fully saturated rings. The van der Waals surface area contributed by atoms with Gasteiger partial charge in [0.25, 0.3) is 0 Å². The molecule has 0 N–H and O–H groups in total. The van der Waals surface area contributed by atoms with Crippen molar-refractivity contribution in [3.8, 4) is 6.07 Å². The molecule has 1 heterocycles. The lowest BCUT2D eigenvalue weighted by Crippen LogP contribution is -2.30. The number of rotatable bonds is 2. The fraction of sp³-hybridized carbons (Fsp3) is 0.625. The second-order valence-corrected chi connectivity index (χ2v) is 2.82. The van der Waals surface area contributed by atoms with Crippen LogP contribution in [-0.2, 0) is 9.59 Å². The molecule has 0 aromatic heterocycles. The number of hydrogen-bond donors (Lipinski definition) is 0. The first-order valence-corrected chi connectivity index (χ1v) is 4.11. The number of nitriles is 1. The summed E-state index contributed by atoms with van der Waals surface area (Å²) in [7, 11) is 0. The lowest BCUT2D eigenvalue weighted by atomic mass is 10.4. The Kier molecular flexibility index (Phi) is 2.85. The Balaban J connectivity index is 2.54. The van der Waals surface area contributed by atoms with Crippen molar-refractivity contribution in [2.24, 2.45) is 0 Å². The van der Waals surface area contributed by atoms with Crippen LogP contribution >= 0.6 is 0 Å². The molecule has 13 heavy (non-hydrogen) atoms. The van der Waals surface area contributed by atoms with Gasteiger partial charge < -0.3 is 9.80 Å². The Morgan fingerprint density at radius 2 is 2.38 bits per heavy atom. The van der Waals surface area contributed by atoms with E-state index in [1.54, 1.807) is 11.0 Å². The van der Waals surface area contributed by atoms with Gasteiger partial charge in [-0.2, -0.15) is 5.26 Å². The van der Waals surface area contributed by atoms with Crippen LogP contribution in [0.15, 0.2) is 0 Å². The van der Waals surface area contributed by atoms with Gasteiger partial charge in [0.1, 0.15) is 13.0 Å². The van der Waals surface area contributed by atoms with E-state index in [1.165, 1.54) is 4.90 Å². The normalized spacial score (nSPS) is 16.2. The van der Waals surface area contributed by atoms with Gasteiger partial charge in [-0.05, 0) is 6.92 Å². The van der Waals surface area contributed by atoms with Crippen molar-refractivity contribution in [1.82, 2.24) is 9.80 Å². The summed E-state index contributed by atoms with van der Waals surface area (Å²) < 4.78 is 0. The van der Waals surface area contributed by atoms with Crippen LogP contribution in [-0.4, -0.2) is 41.4 Å². The zero-order valence-corrected chi connectivity index (χ0v) is 7.49. The summed E-state index contributed by atoms with van der Waals surface area (Å²) in [6.45, 7) is 2.91. The quantitative estimate of drug-likeness (QED) is 0.579. The predicted octanol–water partition coefficient (Wildman–Crippen LogP) is -0.452. The third-order valence-corrected chi connectivity index (χ3v) is 1.98. The van der Waals surface area contributed by atoms with Crippen molar-refractivity contribution < 1.29 is 9.59 Å². The fourth-order valence-electron chi connectivity index (χ4n) is 1.22. The number of nitrogens with zero attached hydrogens (tertiary/aromatic N) is 3. The van der Waals surface area contributed by atoms with Gasteiger partial charge in [0.2, 0.25) is 11.8 Å². The summed E-state index contributed by atoms with van der Waals surface area (Å²) in [5.74, 6) is -0.319. The maximum atomic E-state index is 11.2. The van der Waals surface area contributed by atoms with Crippen LogP contribution in [0.1, 0.15) is 13.3 Å². The molecule has 0 aliphatic carbocycles. The summed E-state index contributed by atoms with van der Waals surface area (Å²) >= 11 is 0. The second-order valence-electron chi connectivity index (χ2n) is 2.82. The summed E-state index contributed by atoms with van der Waals surface area (Å²) in [6, 6.07) is 1.77. The molecule has 0 radical (unpaired) electrons. The summed E-state index contributed by atoms with van der Waals surface area (Å²) in [6.07, 6.45) is -0.148. The summed E-state index contributed by atoms with van der Waals surface area (Å²) in [5, 5.41) is 8.29. The van der Waals surface area contributed by atoms with Crippen LogP contribution in [0.5, 0.6) is 0 Å². The fourth-order valence-corrected chi connectivity index (χ4v) is 1.22. The van der Waals surface area contributed by atoms with Gasteiger partial charge in [0, 0.05) is 6.54 Å². The Morgan fingerprint density at radius 3 is 2.85 bits per heavy atom. The van der Waals surface area contributed by atoms with Crippen molar-refractivity contribution >= 4 is 11.8 Å². The Bertz CT molecular complexity index is 269. The average molecular weight is 181 g/mol. The van der Waals surface area contributed by atoms with E-state index in [9.17, 15) is 9.59 Å². The van der Waals surface area contributed by atoms with E-state index in [4.69, 9.17) is 5.26 Å². The highest BCUT2D eigenvalue weighted by Crippen LogP contribution is 2.07. The first-order valence-electron chi connectivity index (χ1n) is 4.11. The third kappa shape index (κ3) is 1.96. The Hall–Kier alpha value is -1.57. The smallest absolute Gasteiger partial charge is 0.243 e. The molecule has 0 aromatic carbocycles. The first kappa shape index (κ1) is 9.52. The SMILES string of the molecule is CCN1CN(C(=O)CC#N)CC1=O. The highest BCUT2D eigenvalue weighted by atomic mass is 16.2. The molecule has 5 heteroatoms. The molecule has 0 atom stereocenters. The molecule has 0 saturated carbocycles. The first-order chi connectivity index (χ1) is 6.19. The van der Waals surface area contributed by atoms with Crippen molar-refractivity contribution in [3.05, 3.63) is 0 Å². The molecule has 0 bridgehead atoms. The van der Waals surface area contributed by atoms with Crippen LogP contribution < -0.4 is 0 Å². The van der Waals surface area contributed by atoms with Gasteiger partial charge in [0.05, 0.1) is 12.7 Å². The molecule has 2 amide bonds. The van der Waals surface area contributed by atoms with Crippen molar-refractivity contribution in [2.45, 2.75) is 13.3 Å². The zero-order chi connectivity index (χ0) is 9.84. The lowest BCUT2D eigenvalue weighted by molar-refractivity contribution is -0.130. The molecule has 1 aliphatic heterocycles. The number of amides is 2. The number of hydrogen-bond acceptors (Lipinski definition) is 3. The van der Waals surface area contributed by atoms with E-state index in [-0.39, 0.29) is 24.8 Å². The van der Waals surface area contributed by atoms with E-state index < -0.39 is 0 Å². The van der Waals surface area contributed by atoms with Crippen molar-refractivity contribution in [3.63, 3.8) is 0 Å². The van der Waals surface area contributed by atoms with Crippen molar-refractivity contribution in [1.29, 1.82) is 5.26 Å². The number of carbonyl (C=O) groups excluding carboxylic acids is 2. The second kappa shape index (κ2) is 3.90. The van der Waals surface area contributed by atoms with Crippen LogP contribution in [0.2, 0.25) is 0 Å². The van der Waals surface area contributed by atoms with Crippen LogP contribution in [0.4, 0.5) is 0 Å². The van der Waals surface area contributed by atoms with Crippen LogP contribution in [0.25, 0.3) is 0 Å². The van der Waals surface area contributed by atoms with Crippen LogP contribution in [0.3, 0.4) is 0 Å². The molecule has 0 aromatic rings. The van der Waals surface area contributed by atoms with Gasteiger partial charge in [-0.3, -0.25) is 9.59 Å². The minimum Gasteiger partial charge on any atom is -0.324 e. The standard InChI is InChI=1S/C8H11N3O2/c1-2-10-6-11(5-8(10)13)7(12)3-4-9/h2-3,5-6H2,1H3. The minimum absolute atomic E-state index is 0.0474. The van der Waals surface area contributed by atoms with Gasteiger partial charge in [-0.1, -0.05) is 0 Å². The van der Waals surface area contributed by atoms with Crippen LogP contribution in [0, 0.1) is 11.3 Å². The molecular formula is C8H11N3O2. The molecule has 1 aliphatic rings. The topological polar surface area (TPSA) is 64.4 Å². The van der Waals surface area contributed by atoms with Gasteiger partial charge in [-0.25, -0.2) is 0 Å². The summed E-state index contributed by atoms with van der Waals surface area (Å²) in [5.41, 5.74) is 0. The summed E-state index contributed by atoms with van der Waals surface area (Å²) in [4.78, 5) is 25.3. The predicted molar refractivity (Wildman–Crippen MR) is 44.2 cm³/mol. The van der Waals surface area contributed by atoms with E-state index in [1.807, 2.05) is 6.92 Å². The Morgan fingerprint density at radius 1 is 1.69 bits per heavy atom. The monoisotopic (exact) mass is 181 g/mol. The van der Waals surface area contributed by atoms with E-state index >= 15 is 0 Å². The maximum Gasteiger partial charge on any atom is 0.243 e. The van der Waals surface area contributed by atoms with Crippen molar-refractivity contribution in [2.75, 3.05) is 19.8 Å².